The molecule has 1 aromatic rings. The number of methoxy groups -OCH3 is 1. The monoisotopic (exact) mass is 261 g/mol. The van der Waals surface area contributed by atoms with Crippen LogP contribution in [0.3, 0.4) is 0 Å². The maximum absolute atomic E-state index is 5.99. The van der Waals surface area contributed by atoms with Gasteiger partial charge in [0.25, 0.3) is 0 Å². The first-order valence-corrected chi connectivity index (χ1v) is 7.26. The lowest BCUT2D eigenvalue weighted by molar-refractivity contribution is 0.0863. The molecule has 19 heavy (non-hydrogen) atoms. The van der Waals surface area contributed by atoms with E-state index in [0.717, 1.165) is 12.2 Å². The predicted molar refractivity (Wildman–Crippen MR) is 75.5 cm³/mol. The predicted octanol–water partition coefficient (Wildman–Crippen LogP) is 2.39. The Hall–Kier alpha value is -1.06. The minimum atomic E-state index is 0.480. The largest absolute Gasteiger partial charge is 0.497 e. The van der Waals surface area contributed by atoms with Crippen LogP contribution in [0.25, 0.3) is 0 Å². The number of hydrogen-bond donors (Lipinski definition) is 1. The molecule has 1 N–H and O–H groups in total. The number of hydrogen-bond acceptors (Lipinski definition) is 3. The van der Waals surface area contributed by atoms with Gasteiger partial charge in [-0.2, -0.15) is 0 Å². The van der Waals surface area contributed by atoms with Crippen molar-refractivity contribution in [2.24, 2.45) is 5.92 Å². The number of fused-ring (bicyclic) bond motifs is 2. The van der Waals surface area contributed by atoms with E-state index in [1.54, 1.807) is 7.11 Å². The van der Waals surface area contributed by atoms with Gasteiger partial charge in [0, 0.05) is 12.0 Å². The molecule has 0 saturated carbocycles. The fourth-order valence-electron chi connectivity index (χ4n) is 3.62. The standard InChI is InChI=1S/C16H23NO2/c1-17-15(14-10-13-6-7-16(14)19-13)9-11-4-3-5-12(8-11)18-2/h3-5,8,13-17H,6-7,9-10H2,1-2H3. The van der Waals surface area contributed by atoms with Gasteiger partial charge in [0.05, 0.1) is 19.3 Å². The van der Waals surface area contributed by atoms with Crippen LogP contribution < -0.4 is 10.1 Å². The molecule has 104 valence electrons. The lowest BCUT2D eigenvalue weighted by Gasteiger charge is -2.28. The molecule has 1 aromatic carbocycles. The van der Waals surface area contributed by atoms with E-state index in [4.69, 9.17) is 9.47 Å². The molecule has 0 aliphatic carbocycles. The number of benzene rings is 1. The average molecular weight is 261 g/mol. The van der Waals surface area contributed by atoms with Crippen molar-refractivity contribution >= 4 is 0 Å². The van der Waals surface area contributed by atoms with E-state index in [1.807, 2.05) is 6.07 Å². The summed E-state index contributed by atoms with van der Waals surface area (Å²) < 4.78 is 11.3. The summed E-state index contributed by atoms with van der Waals surface area (Å²) in [6.45, 7) is 0. The van der Waals surface area contributed by atoms with Gasteiger partial charge in [0.15, 0.2) is 0 Å². The topological polar surface area (TPSA) is 30.5 Å². The highest BCUT2D eigenvalue weighted by atomic mass is 16.5. The Morgan fingerprint density at radius 1 is 1.42 bits per heavy atom. The molecule has 2 heterocycles. The van der Waals surface area contributed by atoms with Crippen LogP contribution in [0.5, 0.6) is 5.75 Å². The van der Waals surface area contributed by atoms with Crippen LogP contribution in [0, 0.1) is 5.92 Å². The lowest BCUT2D eigenvalue weighted by atomic mass is 9.81. The van der Waals surface area contributed by atoms with E-state index in [2.05, 4.69) is 30.6 Å². The van der Waals surface area contributed by atoms with Gasteiger partial charge in [-0.3, -0.25) is 0 Å². The fourth-order valence-corrected chi connectivity index (χ4v) is 3.62. The number of ether oxygens (including phenoxy) is 2. The first-order chi connectivity index (χ1) is 9.30. The second-order valence-corrected chi connectivity index (χ2v) is 5.72. The summed E-state index contributed by atoms with van der Waals surface area (Å²) in [5.41, 5.74) is 1.33. The highest BCUT2D eigenvalue weighted by molar-refractivity contribution is 5.29. The van der Waals surface area contributed by atoms with Crippen molar-refractivity contribution in [3.8, 4) is 5.75 Å². The third-order valence-electron chi connectivity index (χ3n) is 4.63. The molecule has 2 saturated heterocycles. The van der Waals surface area contributed by atoms with Crippen molar-refractivity contribution in [3.63, 3.8) is 0 Å². The maximum atomic E-state index is 5.99. The highest BCUT2D eigenvalue weighted by Crippen LogP contribution is 2.41. The smallest absolute Gasteiger partial charge is 0.119 e. The van der Waals surface area contributed by atoms with Crippen LogP contribution in [-0.2, 0) is 11.2 Å². The molecule has 2 aliphatic rings. The molecule has 3 rings (SSSR count). The molecule has 0 radical (unpaired) electrons. The molecule has 3 nitrogen and oxygen atoms in total. The molecule has 0 spiro atoms. The first-order valence-electron chi connectivity index (χ1n) is 7.26. The Morgan fingerprint density at radius 2 is 2.32 bits per heavy atom. The van der Waals surface area contributed by atoms with Crippen LogP contribution >= 0.6 is 0 Å². The van der Waals surface area contributed by atoms with Gasteiger partial charge in [-0.05, 0) is 50.4 Å². The zero-order chi connectivity index (χ0) is 13.2. The van der Waals surface area contributed by atoms with Gasteiger partial charge in [-0.15, -0.1) is 0 Å². The molecule has 4 atom stereocenters. The van der Waals surface area contributed by atoms with Crippen LogP contribution in [0.2, 0.25) is 0 Å². The second kappa shape index (κ2) is 5.51. The van der Waals surface area contributed by atoms with Crippen LogP contribution in [-0.4, -0.2) is 32.4 Å². The third kappa shape index (κ3) is 2.63. The Labute approximate surface area is 115 Å². The Morgan fingerprint density at radius 3 is 2.95 bits per heavy atom. The van der Waals surface area contributed by atoms with E-state index in [9.17, 15) is 0 Å². The minimum absolute atomic E-state index is 0.480. The van der Waals surface area contributed by atoms with Crippen LogP contribution in [0.1, 0.15) is 24.8 Å². The molecule has 2 aliphatic heterocycles. The Balaban J connectivity index is 1.69. The lowest BCUT2D eigenvalue weighted by Crippen LogP contribution is -2.40. The van der Waals surface area contributed by atoms with E-state index in [0.29, 0.717) is 24.2 Å². The van der Waals surface area contributed by atoms with Crippen molar-refractivity contribution in [2.75, 3.05) is 14.2 Å². The van der Waals surface area contributed by atoms with Crippen LogP contribution in [0.4, 0.5) is 0 Å². The van der Waals surface area contributed by atoms with Gasteiger partial charge >= 0.3 is 0 Å². The molecule has 0 amide bonds. The van der Waals surface area contributed by atoms with Gasteiger partial charge in [-0.25, -0.2) is 0 Å². The van der Waals surface area contributed by atoms with E-state index in [1.165, 1.54) is 24.8 Å². The van der Waals surface area contributed by atoms with Crippen molar-refractivity contribution in [1.29, 1.82) is 0 Å². The second-order valence-electron chi connectivity index (χ2n) is 5.72. The van der Waals surface area contributed by atoms with E-state index < -0.39 is 0 Å². The summed E-state index contributed by atoms with van der Waals surface area (Å²) in [6, 6.07) is 8.89. The summed E-state index contributed by atoms with van der Waals surface area (Å²) >= 11 is 0. The van der Waals surface area contributed by atoms with Crippen molar-refractivity contribution < 1.29 is 9.47 Å². The van der Waals surface area contributed by atoms with E-state index >= 15 is 0 Å². The summed E-state index contributed by atoms with van der Waals surface area (Å²) in [5, 5.41) is 3.49. The van der Waals surface area contributed by atoms with Crippen molar-refractivity contribution in [2.45, 2.75) is 43.9 Å². The minimum Gasteiger partial charge on any atom is -0.497 e. The zero-order valence-electron chi connectivity index (χ0n) is 11.8. The summed E-state index contributed by atoms with van der Waals surface area (Å²) in [4.78, 5) is 0. The first kappa shape index (κ1) is 12.9. The summed E-state index contributed by atoms with van der Waals surface area (Å²) in [6.07, 6.45) is 5.78. The fraction of sp³-hybridized carbons (Fsp3) is 0.625. The van der Waals surface area contributed by atoms with Crippen molar-refractivity contribution in [1.82, 2.24) is 5.32 Å². The molecule has 0 aromatic heterocycles. The number of nitrogens with one attached hydrogen (secondary N) is 1. The molecule has 4 unspecified atom stereocenters. The zero-order valence-corrected chi connectivity index (χ0v) is 11.8. The van der Waals surface area contributed by atoms with Gasteiger partial charge in [-0.1, -0.05) is 12.1 Å². The van der Waals surface area contributed by atoms with E-state index in [-0.39, 0.29) is 0 Å². The van der Waals surface area contributed by atoms with Gasteiger partial charge in [0.2, 0.25) is 0 Å². The molecule has 2 bridgehead atoms. The SMILES string of the molecule is CNC(Cc1cccc(OC)c1)C1CC2CCC1O2. The third-order valence-corrected chi connectivity index (χ3v) is 4.63. The Kier molecular flexibility index (Phi) is 3.76. The molecular formula is C16H23NO2. The molecule has 3 heteroatoms. The molecular weight excluding hydrogens is 238 g/mol. The highest BCUT2D eigenvalue weighted by Gasteiger charge is 2.43. The van der Waals surface area contributed by atoms with Gasteiger partial charge in [0.1, 0.15) is 5.75 Å². The normalized spacial score (nSPS) is 30.5. The molecule has 2 fully saturated rings. The summed E-state index contributed by atoms with van der Waals surface area (Å²) in [5.74, 6) is 1.60. The number of rotatable bonds is 5. The van der Waals surface area contributed by atoms with Gasteiger partial charge < -0.3 is 14.8 Å². The number of likely N-dealkylation sites (N-methyl/N-ethyl adjacent to an activating group) is 1. The maximum Gasteiger partial charge on any atom is 0.119 e. The van der Waals surface area contributed by atoms with Crippen LogP contribution in [0.15, 0.2) is 24.3 Å². The quantitative estimate of drug-likeness (QED) is 0.883. The Bertz CT molecular complexity index is 435. The van der Waals surface area contributed by atoms with Crippen molar-refractivity contribution in [3.05, 3.63) is 29.8 Å². The summed E-state index contributed by atoms with van der Waals surface area (Å²) in [7, 11) is 3.79. The average Bonchev–Trinajstić information content (AvgIpc) is 3.07.